The van der Waals surface area contributed by atoms with Gasteiger partial charge in [-0.25, -0.2) is 9.59 Å². The van der Waals surface area contributed by atoms with E-state index in [2.05, 4.69) is 11.7 Å². The third kappa shape index (κ3) is 8.25. The van der Waals surface area contributed by atoms with E-state index in [4.69, 9.17) is 4.74 Å². The maximum absolute atomic E-state index is 11.2. The zero-order chi connectivity index (χ0) is 13.1. The van der Waals surface area contributed by atoms with Gasteiger partial charge in [0.05, 0.1) is 13.4 Å². The largest absolute Gasteiger partial charge is 0.466 e. The zero-order valence-electron chi connectivity index (χ0n) is 10.7. The van der Waals surface area contributed by atoms with Gasteiger partial charge in [0, 0.05) is 12.2 Å². The van der Waals surface area contributed by atoms with Crippen molar-refractivity contribution in [3.8, 4) is 0 Å². The van der Waals surface area contributed by atoms with E-state index in [1.165, 1.54) is 13.4 Å². The Hall–Kier alpha value is -1.58. The number of ether oxygens (including phenoxy) is 2. The van der Waals surface area contributed by atoms with Gasteiger partial charge in [0.1, 0.15) is 0 Å². The van der Waals surface area contributed by atoms with Gasteiger partial charge in [-0.2, -0.15) is 0 Å². The summed E-state index contributed by atoms with van der Waals surface area (Å²) in [6.07, 6.45) is 7.53. The van der Waals surface area contributed by atoms with E-state index < -0.39 is 11.9 Å². The Bertz CT molecular complexity index is 303. The van der Waals surface area contributed by atoms with E-state index in [9.17, 15) is 9.59 Å². The van der Waals surface area contributed by atoms with Crippen LogP contribution in [0, 0.1) is 0 Å². The van der Waals surface area contributed by atoms with Crippen molar-refractivity contribution in [2.45, 2.75) is 39.5 Å². The zero-order valence-corrected chi connectivity index (χ0v) is 10.7. The third-order valence-electron chi connectivity index (χ3n) is 2.20. The van der Waals surface area contributed by atoms with Gasteiger partial charge < -0.3 is 9.47 Å². The first kappa shape index (κ1) is 15.4. The van der Waals surface area contributed by atoms with Crippen LogP contribution in [0.5, 0.6) is 0 Å². The molecule has 0 aromatic heterocycles. The highest BCUT2D eigenvalue weighted by molar-refractivity contribution is 5.91. The van der Waals surface area contributed by atoms with Gasteiger partial charge in [-0.3, -0.25) is 0 Å². The Labute approximate surface area is 102 Å². The Morgan fingerprint density at radius 3 is 2.29 bits per heavy atom. The van der Waals surface area contributed by atoms with Crippen LogP contribution in [0.4, 0.5) is 0 Å². The van der Waals surface area contributed by atoms with Gasteiger partial charge in [0.25, 0.3) is 0 Å². The van der Waals surface area contributed by atoms with E-state index in [0.717, 1.165) is 43.4 Å². The first-order chi connectivity index (χ1) is 8.13. The van der Waals surface area contributed by atoms with Crippen molar-refractivity contribution < 1.29 is 19.1 Å². The van der Waals surface area contributed by atoms with Crippen LogP contribution in [0.1, 0.15) is 39.5 Å². The Morgan fingerprint density at radius 2 is 1.76 bits per heavy atom. The lowest BCUT2D eigenvalue weighted by Gasteiger charge is -2.02. The van der Waals surface area contributed by atoms with Crippen molar-refractivity contribution in [3.05, 3.63) is 24.0 Å². The highest BCUT2D eigenvalue weighted by Gasteiger charge is 1.99. The number of esters is 2. The quantitative estimate of drug-likeness (QED) is 0.390. The molecule has 0 N–H and O–H groups in total. The molecular weight excluding hydrogens is 220 g/mol. The minimum Gasteiger partial charge on any atom is -0.466 e. The van der Waals surface area contributed by atoms with Crippen molar-refractivity contribution in [2.75, 3.05) is 7.11 Å². The number of carbonyl (C=O) groups excluding carboxylic acids is 2. The second kappa shape index (κ2) is 9.63. The second-order valence-electron chi connectivity index (χ2n) is 3.53. The van der Waals surface area contributed by atoms with Crippen molar-refractivity contribution >= 4 is 11.9 Å². The Balaban J connectivity index is 4.14. The van der Waals surface area contributed by atoms with E-state index in [0.29, 0.717) is 0 Å². The minimum absolute atomic E-state index is 0.571. The molecule has 0 aliphatic rings. The molecule has 0 fully saturated rings. The molecule has 0 saturated carbocycles. The van der Waals surface area contributed by atoms with Crippen LogP contribution in [0.2, 0.25) is 0 Å². The van der Waals surface area contributed by atoms with Crippen molar-refractivity contribution in [2.24, 2.45) is 0 Å². The molecule has 0 rings (SSSR count). The highest BCUT2D eigenvalue weighted by atomic mass is 16.5. The normalized spacial score (nSPS) is 11.6. The van der Waals surface area contributed by atoms with Gasteiger partial charge in [-0.15, -0.1) is 0 Å². The summed E-state index contributed by atoms with van der Waals surface area (Å²) in [5, 5.41) is 0. The lowest BCUT2D eigenvalue weighted by Crippen LogP contribution is -1.99. The van der Waals surface area contributed by atoms with Crippen LogP contribution in [0.3, 0.4) is 0 Å². The van der Waals surface area contributed by atoms with E-state index in [1.54, 1.807) is 0 Å². The molecule has 0 atom stereocenters. The fraction of sp³-hybridized carbons (Fsp3) is 0.538. The Morgan fingerprint density at radius 1 is 1.12 bits per heavy atom. The van der Waals surface area contributed by atoms with Crippen LogP contribution in [0.15, 0.2) is 24.0 Å². The molecule has 4 heteroatoms. The predicted octanol–water partition coefficient (Wildman–Crippen LogP) is 2.74. The maximum Gasteiger partial charge on any atom is 0.335 e. The standard InChI is InChI=1S/C13H20O4/c1-4-6-7-11(5-2)10-17-13(15)9-8-12(14)16-3/h8-10H,4-7H2,1-3H3/b9-8+,11-10?. The minimum atomic E-state index is -0.576. The van der Waals surface area contributed by atoms with Gasteiger partial charge in [0.15, 0.2) is 0 Å². The summed E-state index contributed by atoms with van der Waals surface area (Å²) < 4.78 is 9.24. The molecule has 0 heterocycles. The summed E-state index contributed by atoms with van der Waals surface area (Å²) in [5.74, 6) is -1.15. The number of methoxy groups -OCH3 is 1. The van der Waals surface area contributed by atoms with Gasteiger partial charge >= 0.3 is 11.9 Å². The van der Waals surface area contributed by atoms with E-state index >= 15 is 0 Å². The summed E-state index contributed by atoms with van der Waals surface area (Å²) >= 11 is 0. The monoisotopic (exact) mass is 240 g/mol. The fourth-order valence-electron chi connectivity index (χ4n) is 1.11. The molecule has 0 aromatic carbocycles. The molecule has 0 unspecified atom stereocenters. The topological polar surface area (TPSA) is 52.6 Å². The van der Waals surface area contributed by atoms with Crippen LogP contribution in [0.25, 0.3) is 0 Å². The molecule has 4 nitrogen and oxygen atoms in total. The van der Waals surface area contributed by atoms with Crippen molar-refractivity contribution in [1.29, 1.82) is 0 Å². The maximum atomic E-state index is 11.2. The molecular formula is C13H20O4. The average molecular weight is 240 g/mol. The number of hydrogen-bond donors (Lipinski definition) is 0. The van der Waals surface area contributed by atoms with Crippen molar-refractivity contribution in [1.82, 2.24) is 0 Å². The number of allylic oxidation sites excluding steroid dienone is 1. The highest BCUT2D eigenvalue weighted by Crippen LogP contribution is 2.11. The van der Waals surface area contributed by atoms with E-state index in [-0.39, 0.29) is 0 Å². The summed E-state index contributed by atoms with van der Waals surface area (Å²) in [6.45, 7) is 4.12. The molecule has 96 valence electrons. The van der Waals surface area contributed by atoms with Gasteiger partial charge in [-0.05, 0) is 24.8 Å². The summed E-state index contributed by atoms with van der Waals surface area (Å²) in [7, 11) is 1.25. The molecule has 0 saturated heterocycles. The summed E-state index contributed by atoms with van der Waals surface area (Å²) in [4.78, 5) is 21.9. The number of hydrogen-bond acceptors (Lipinski definition) is 4. The van der Waals surface area contributed by atoms with Crippen LogP contribution in [-0.4, -0.2) is 19.0 Å². The molecule has 0 aliphatic carbocycles. The number of unbranched alkanes of at least 4 members (excludes halogenated alkanes) is 1. The Kier molecular flexibility index (Phi) is 8.74. The van der Waals surface area contributed by atoms with Crippen LogP contribution >= 0.6 is 0 Å². The molecule has 0 bridgehead atoms. The molecule has 0 aromatic rings. The molecule has 0 aliphatic heterocycles. The molecule has 0 amide bonds. The number of carbonyl (C=O) groups is 2. The van der Waals surface area contributed by atoms with Crippen LogP contribution < -0.4 is 0 Å². The number of rotatable bonds is 7. The molecule has 0 spiro atoms. The van der Waals surface area contributed by atoms with Gasteiger partial charge in [-0.1, -0.05) is 20.3 Å². The summed E-state index contributed by atoms with van der Waals surface area (Å²) in [5.41, 5.74) is 1.09. The van der Waals surface area contributed by atoms with Crippen molar-refractivity contribution in [3.63, 3.8) is 0 Å². The predicted molar refractivity (Wildman–Crippen MR) is 65.1 cm³/mol. The third-order valence-corrected chi connectivity index (χ3v) is 2.20. The lowest BCUT2D eigenvalue weighted by molar-refractivity contribution is -0.136. The smallest absolute Gasteiger partial charge is 0.335 e. The SMILES string of the molecule is CCCCC(=COC(=O)/C=C/C(=O)OC)CC. The fourth-order valence-corrected chi connectivity index (χ4v) is 1.11. The van der Waals surface area contributed by atoms with Crippen LogP contribution in [-0.2, 0) is 19.1 Å². The first-order valence-electron chi connectivity index (χ1n) is 5.78. The summed E-state index contributed by atoms with van der Waals surface area (Å²) in [6, 6.07) is 0. The molecule has 17 heavy (non-hydrogen) atoms. The van der Waals surface area contributed by atoms with Gasteiger partial charge in [0.2, 0.25) is 0 Å². The lowest BCUT2D eigenvalue weighted by atomic mass is 10.1. The average Bonchev–Trinajstić information content (AvgIpc) is 2.36. The molecule has 0 radical (unpaired) electrons. The van der Waals surface area contributed by atoms with E-state index in [1.807, 2.05) is 6.92 Å². The first-order valence-corrected chi connectivity index (χ1v) is 5.78. The second-order valence-corrected chi connectivity index (χ2v) is 3.53.